The Morgan fingerprint density at radius 3 is 2.55 bits per heavy atom. The Bertz CT molecular complexity index is 705. The van der Waals surface area contributed by atoms with E-state index in [9.17, 15) is 18.0 Å². The van der Waals surface area contributed by atoms with Crippen LogP contribution in [0.5, 0.6) is 0 Å². The highest BCUT2D eigenvalue weighted by atomic mass is 32.2. The SMILES string of the molecule is CCCCN(C)S(=O)(=O)NCc1cn(C(C)C)c(=O)[nH]c1=O. The number of rotatable bonds is 8. The molecule has 126 valence electrons. The molecule has 1 aromatic heterocycles. The van der Waals surface area contributed by atoms with Gasteiger partial charge in [0.2, 0.25) is 0 Å². The lowest BCUT2D eigenvalue weighted by Crippen LogP contribution is -2.40. The Hall–Kier alpha value is -1.45. The zero-order valence-corrected chi connectivity index (χ0v) is 14.2. The van der Waals surface area contributed by atoms with Gasteiger partial charge in [-0.2, -0.15) is 17.4 Å². The molecule has 22 heavy (non-hydrogen) atoms. The molecule has 0 amide bonds. The van der Waals surface area contributed by atoms with Crippen LogP contribution in [-0.2, 0) is 16.8 Å². The Labute approximate surface area is 130 Å². The lowest BCUT2D eigenvalue weighted by atomic mass is 10.3. The van der Waals surface area contributed by atoms with Gasteiger partial charge in [0.15, 0.2) is 0 Å². The number of hydrogen-bond donors (Lipinski definition) is 2. The third-order valence-corrected chi connectivity index (χ3v) is 4.79. The minimum absolute atomic E-state index is 0.132. The second kappa shape index (κ2) is 7.70. The van der Waals surface area contributed by atoms with E-state index in [1.54, 1.807) is 13.8 Å². The molecule has 1 heterocycles. The molecule has 2 N–H and O–H groups in total. The second-order valence-electron chi connectivity index (χ2n) is 5.42. The molecule has 0 atom stereocenters. The maximum atomic E-state index is 12.0. The van der Waals surface area contributed by atoms with E-state index in [1.165, 1.54) is 22.1 Å². The number of aromatic nitrogens is 2. The van der Waals surface area contributed by atoms with Crippen molar-refractivity contribution < 1.29 is 8.42 Å². The summed E-state index contributed by atoms with van der Waals surface area (Å²) in [6.07, 6.45) is 3.04. The quantitative estimate of drug-likeness (QED) is 0.709. The highest BCUT2D eigenvalue weighted by Gasteiger charge is 2.17. The molecule has 1 aromatic rings. The van der Waals surface area contributed by atoms with Gasteiger partial charge in [0.25, 0.3) is 15.8 Å². The molecule has 0 saturated heterocycles. The summed E-state index contributed by atoms with van der Waals surface area (Å²) in [7, 11) is -2.16. The summed E-state index contributed by atoms with van der Waals surface area (Å²) in [5.74, 6) is 0. The van der Waals surface area contributed by atoms with Crippen LogP contribution in [0.1, 0.15) is 45.2 Å². The fraction of sp³-hybridized carbons (Fsp3) is 0.692. The van der Waals surface area contributed by atoms with E-state index in [0.717, 1.165) is 12.8 Å². The minimum Gasteiger partial charge on any atom is -0.298 e. The standard InChI is InChI=1S/C13H24N4O4S/c1-5-6-7-16(4)22(20,21)14-8-11-9-17(10(2)3)13(19)15-12(11)18/h9-10,14H,5-8H2,1-4H3,(H,15,18,19). The van der Waals surface area contributed by atoms with Crippen LogP contribution < -0.4 is 16.0 Å². The molecule has 0 unspecified atom stereocenters. The molecule has 0 radical (unpaired) electrons. The molecule has 0 aliphatic heterocycles. The van der Waals surface area contributed by atoms with E-state index >= 15 is 0 Å². The number of nitrogens with one attached hydrogen (secondary N) is 2. The van der Waals surface area contributed by atoms with E-state index in [-0.39, 0.29) is 18.2 Å². The van der Waals surface area contributed by atoms with Gasteiger partial charge in [0.1, 0.15) is 0 Å². The van der Waals surface area contributed by atoms with Gasteiger partial charge in [-0.05, 0) is 20.3 Å². The van der Waals surface area contributed by atoms with Crippen LogP contribution in [-0.4, -0.2) is 35.9 Å². The number of H-pyrrole nitrogens is 1. The monoisotopic (exact) mass is 332 g/mol. The predicted molar refractivity (Wildman–Crippen MR) is 85.0 cm³/mol. The second-order valence-corrected chi connectivity index (χ2v) is 7.28. The topological polar surface area (TPSA) is 104 Å². The van der Waals surface area contributed by atoms with E-state index in [4.69, 9.17) is 0 Å². The van der Waals surface area contributed by atoms with Gasteiger partial charge in [0, 0.05) is 37.9 Å². The van der Waals surface area contributed by atoms with Crippen LogP contribution in [0, 0.1) is 0 Å². The minimum atomic E-state index is -3.65. The number of hydrogen-bond acceptors (Lipinski definition) is 4. The third kappa shape index (κ3) is 4.79. The summed E-state index contributed by atoms with van der Waals surface area (Å²) in [6.45, 7) is 5.82. The summed E-state index contributed by atoms with van der Waals surface area (Å²) in [5, 5.41) is 0. The molecular formula is C13H24N4O4S. The Morgan fingerprint density at radius 1 is 1.36 bits per heavy atom. The Balaban J connectivity index is 2.90. The van der Waals surface area contributed by atoms with E-state index in [2.05, 4.69) is 9.71 Å². The predicted octanol–water partition coefficient (Wildman–Crippen LogP) is 0.184. The summed E-state index contributed by atoms with van der Waals surface area (Å²) in [5.41, 5.74) is -0.895. The number of aromatic amines is 1. The summed E-state index contributed by atoms with van der Waals surface area (Å²) >= 11 is 0. The van der Waals surface area contributed by atoms with Gasteiger partial charge < -0.3 is 0 Å². The van der Waals surface area contributed by atoms with Gasteiger partial charge in [-0.15, -0.1) is 0 Å². The Morgan fingerprint density at radius 2 is 2.00 bits per heavy atom. The first kappa shape index (κ1) is 18.6. The van der Waals surface area contributed by atoms with Crippen LogP contribution in [0.3, 0.4) is 0 Å². The molecule has 0 spiro atoms. The van der Waals surface area contributed by atoms with Gasteiger partial charge in [0.05, 0.1) is 0 Å². The largest absolute Gasteiger partial charge is 0.328 e. The molecule has 0 saturated carbocycles. The number of nitrogens with zero attached hydrogens (tertiary/aromatic N) is 2. The lowest BCUT2D eigenvalue weighted by molar-refractivity contribution is 0.448. The lowest BCUT2D eigenvalue weighted by Gasteiger charge is -2.17. The van der Waals surface area contributed by atoms with Crippen molar-refractivity contribution in [3.63, 3.8) is 0 Å². The van der Waals surface area contributed by atoms with E-state index in [1.807, 2.05) is 6.92 Å². The van der Waals surface area contributed by atoms with E-state index < -0.39 is 21.5 Å². The highest BCUT2D eigenvalue weighted by Crippen LogP contribution is 2.02. The highest BCUT2D eigenvalue weighted by molar-refractivity contribution is 7.87. The first-order chi connectivity index (χ1) is 10.2. The molecule has 1 rings (SSSR count). The van der Waals surface area contributed by atoms with Crippen molar-refractivity contribution in [1.29, 1.82) is 0 Å². The van der Waals surface area contributed by atoms with Crippen LogP contribution >= 0.6 is 0 Å². The fourth-order valence-corrected chi connectivity index (χ4v) is 2.74. The van der Waals surface area contributed by atoms with Crippen molar-refractivity contribution >= 4 is 10.2 Å². The normalized spacial score (nSPS) is 12.3. The molecule has 0 bridgehead atoms. The molecule has 0 aliphatic rings. The smallest absolute Gasteiger partial charge is 0.298 e. The molecule has 0 fully saturated rings. The number of unbranched alkanes of at least 4 members (excludes halogenated alkanes) is 1. The van der Waals surface area contributed by atoms with Gasteiger partial charge in [-0.1, -0.05) is 13.3 Å². The maximum absolute atomic E-state index is 12.0. The van der Waals surface area contributed by atoms with Crippen molar-refractivity contribution in [2.45, 2.75) is 46.2 Å². The van der Waals surface area contributed by atoms with Crippen LogP contribution in [0.15, 0.2) is 15.8 Å². The average molecular weight is 332 g/mol. The van der Waals surface area contributed by atoms with Crippen molar-refractivity contribution in [3.8, 4) is 0 Å². The Kier molecular flexibility index (Phi) is 6.51. The molecule has 0 aliphatic carbocycles. The maximum Gasteiger partial charge on any atom is 0.328 e. The van der Waals surface area contributed by atoms with Gasteiger partial charge in [-0.3, -0.25) is 14.3 Å². The zero-order chi connectivity index (χ0) is 16.9. The van der Waals surface area contributed by atoms with E-state index in [0.29, 0.717) is 6.54 Å². The molecule has 9 heteroatoms. The summed E-state index contributed by atoms with van der Waals surface area (Å²) in [4.78, 5) is 25.6. The van der Waals surface area contributed by atoms with Crippen molar-refractivity contribution in [2.24, 2.45) is 0 Å². The van der Waals surface area contributed by atoms with Crippen LogP contribution in [0.25, 0.3) is 0 Å². The average Bonchev–Trinajstić information content (AvgIpc) is 2.43. The zero-order valence-electron chi connectivity index (χ0n) is 13.4. The van der Waals surface area contributed by atoms with Gasteiger partial charge in [-0.25, -0.2) is 4.79 Å². The summed E-state index contributed by atoms with van der Waals surface area (Å²) in [6, 6.07) is -0.132. The molecule has 0 aromatic carbocycles. The first-order valence-electron chi connectivity index (χ1n) is 7.24. The third-order valence-electron chi connectivity index (χ3n) is 3.28. The first-order valence-corrected chi connectivity index (χ1v) is 8.68. The fourth-order valence-electron chi connectivity index (χ4n) is 1.82. The molecule has 8 nitrogen and oxygen atoms in total. The van der Waals surface area contributed by atoms with Crippen molar-refractivity contribution in [1.82, 2.24) is 18.6 Å². The van der Waals surface area contributed by atoms with Gasteiger partial charge >= 0.3 is 5.69 Å². The van der Waals surface area contributed by atoms with Crippen LogP contribution in [0.4, 0.5) is 0 Å². The van der Waals surface area contributed by atoms with Crippen molar-refractivity contribution in [3.05, 3.63) is 32.6 Å². The summed E-state index contributed by atoms with van der Waals surface area (Å²) < 4.78 is 29.0. The van der Waals surface area contributed by atoms with Crippen molar-refractivity contribution in [2.75, 3.05) is 13.6 Å². The van der Waals surface area contributed by atoms with Crippen LogP contribution in [0.2, 0.25) is 0 Å². The molecular weight excluding hydrogens is 308 g/mol.